The molecule has 0 radical (unpaired) electrons. The summed E-state index contributed by atoms with van der Waals surface area (Å²) in [4.78, 5) is 15.4. The number of H-pyrrole nitrogens is 1. The van der Waals surface area contributed by atoms with Gasteiger partial charge in [-0.3, -0.25) is 4.79 Å². The Bertz CT molecular complexity index is 855. The van der Waals surface area contributed by atoms with E-state index in [2.05, 4.69) is 10.3 Å². The van der Waals surface area contributed by atoms with Crippen molar-refractivity contribution >= 4 is 16.8 Å². The molecule has 24 heavy (non-hydrogen) atoms. The third-order valence-corrected chi connectivity index (χ3v) is 3.95. The van der Waals surface area contributed by atoms with Crippen molar-refractivity contribution in [3.8, 4) is 11.5 Å². The van der Waals surface area contributed by atoms with Crippen molar-refractivity contribution in [1.29, 1.82) is 0 Å². The van der Waals surface area contributed by atoms with Crippen LogP contribution < -0.4 is 14.8 Å². The SMILES string of the molecule is COc1ccc(CC(=O)NCc2ccc3cc[nH]c3c2)c(OC)c1. The van der Waals surface area contributed by atoms with Crippen LogP contribution in [0.25, 0.3) is 10.9 Å². The van der Waals surface area contributed by atoms with Crippen LogP contribution in [0.1, 0.15) is 11.1 Å². The highest BCUT2D eigenvalue weighted by molar-refractivity contribution is 5.81. The summed E-state index contributed by atoms with van der Waals surface area (Å²) in [6.07, 6.45) is 2.17. The molecule has 0 spiro atoms. The molecule has 0 aliphatic rings. The van der Waals surface area contributed by atoms with Crippen LogP contribution in [0.2, 0.25) is 0 Å². The van der Waals surface area contributed by atoms with Crippen LogP contribution in [0.15, 0.2) is 48.7 Å². The van der Waals surface area contributed by atoms with Crippen LogP contribution in [0.3, 0.4) is 0 Å². The number of nitrogens with one attached hydrogen (secondary N) is 2. The number of aromatic amines is 1. The molecular formula is C19H20N2O3. The molecule has 0 atom stereocenters. The van der Waals surface area contributed by atoms with Crippen LogP contribution in [0.4, 0.5) is 0 Å². The fourth-order valence-electron chi connectivity index (χ4n) is 2.64. The summed E-state index contributed by atoms with van der Waals surface area (Å²) in [7, 11) is 3.18. The highest BCUT2D eigenvalue weighted by atomic mass is 16.5. The molecule has 1 heterocycles. The molecule has 0 aliphatic heterocycles. The molecule has 5 nitrogen and oxygen atoms in total. The van der Waals surface area contributed by atoms with E-state index in [0.29, 0.717) is 18.0 Å². The van der Waals surface area contributed by atoms with E-state index in [-0.39, 0.29) is 12.3 Å². The lowest BCUT2D eigenvalue weighted by Crippen LogP contribution is -2.24. The zero-order chi connectivity index (χ0) is 16.9. The van der Waals surface area contributed by atoms with E-state index in [0.717, 1.165) is 22.0 Å². The zero-order valence-corrected chi connectivity index (χ0v) is 13.8. The first-order chi connectivity index (χ1) is 11.7. The summed E-state index contributed by atoms with van der Waals surface area (Å²) < 4.78 is 10.5. The molecule has 0 saturated heterocycles. The minimum absolute atomic E-state index is 0.0509. The average Bonchev–Trinajstić information content (AvgIpc) is 3.08. The molecule has 2 N–H and O–H groups in total. The first kappa shape index (κ1) is 15.9. The Labute approximate surface area is 140 Å². The summed E-state index contributed by atoms with van der Waals surface area (Å²) in [5.41, 5.74) is 2.95. The van der Waals surface area contributed by atoms with E-state index in [9.17, 15) is 4.79 Å². The van der Waals surface area contributed by atoms with E-state index in [1.807, 2.05) is 42.6 Å². The second-order valence-corrected chi connectivity index (χ2v) is 5.53. The minimum atomic E-state index is -0.0509. The normalized spacial score (nSPS) is 10.6. The number of ether oxygens (including phenoxy) is 2. The number of benzene rings is 2. The number of carbonyl (C=O) groups excluding carboxylic acids is 1. The van der Waals surface area contributed by atoms with Crippen LogP contribution in [-0.4, -0.2) is 25.1 Å². The monoisotopic (exact) mass is 324 g/mol. The first-order valence-electron chi connectivity index (χ1n) is 7.73. The van der Waals surface area contributed by atoms with Gasteiger partial charge in [-0.1, -0.05) is 18.2 Å². The van der Waals surface area contributed by atoms with Gasteiger partial charge in [0.2, 0.25) is 5.91 Å². The maximum atomic E-state index is 12.2. The lowest BCUT2D eigenvalue weighted by Gasteiger charge is -2.11. The Hall–Kier alpha value is -2.95. The van der Waals surface area contributed by atoms with Gasteiger partial charge in [-0.2, -0.15) is 0 Å². The van der Waals surface area contributed by atoms with Crippen LogP contribution in [-0.2, 0) is 17.8 Å². The fraction of sp³-hybridized carbons (Fsp3) is 0.211. The van der Waals surface area contributed by atoms with E-state index in [1.165, 1.54) is 0 Å². The standard InChI is InChI=1S/C19H20N2O3/c1-23-16-6-5-15(18(11-16)24-2)10-19(22)21-12-13-3-4-14-7-8-20-17(14)9-13/h3-9,11,20H,10,12H2,1-2H3,(H,21,22). The predicted molar refractivity (Wildman–Crippen MR) is 93.4 cm³/mol. The maximum Gasteiger partial charge on any atom is 0.224 e. The highest BCUT2D eigenvalue weighted by Gasteiger charge is 2.10. The van der Waals surface area contributed by atoms with Gasteiger partial charge in [-0.05, 0) is 29.1 Å². The van der Waals surface area contributed by atoms with Crippen molar-refractivity contribution in [2.24, 2.45) is 0 Å². The van der Waals surface area contributed by atoms with E-state index >= 15 is 0 Å². The largest absolute Gasteiger partial charge is 0.497 e. The molecule has 0 saturated carbocycles. The molecule has 3 aromatic rings. The summed E-state index contributed by atoms with van der Waals surface area (Å²) in [5, 5.41) is 4.10. The Morgan fingerprint density at radius 2 is 1.96 bits per heavy atom. The molecule has 0 bridgehead atoms. The Morgan fingerprint density at radius 3 is 2.75 bits per heavy atom. The molecule has 3 rings (SSSR count). The van der Waals surface area contributed by atoms with Gasteiger partial charge >= 0.3 is 0 Å². The van der Waals surface area contributed by atoms with Crippen LogP contribution in [0, 0.1) is 0 Å². The third kappa shape index (κ3) is 3.51. The summed E-state index contributed by atoms with van der Waals surface area (Å²) >= 11 is 0. The zero-order valence-electron chi connectivity index (χ0n) is 13.8. The summed E-state index contributed by atoms with van der Waals surface area (Å²) in [5.74, 6) is 1.30. The molecule has 0 aliphatic carbocycles. The number of amides is 1. The second kappa shape index (κ2) is 7.08. The van der Waals surface area contributed by atoms with Gasteiger partial charge in [0.25, 0.3) is 0 Å². The lowest BCUT2D eigenvalue weighted by atomic mass is 10.1. The number of aromatic nitrogens is 1. The van der Waals surface area contributed by atoms with Gasteiger partial charge in [0.15, 0.2) is 0 Å². The molecule has 2 aromatic carbocycles. The Morgan fingerprint density at radius 1 is 1.08 bits per heavy atom. The van der Waals surface area contributed by atoms with Crippen molar-refractivity contribution in [2.75, 3.05) is 14.2 Å². The third-order valence-electron chi connectivity index (χ3n) is 3.95. The summed E-state index contributed by atoms with van der Waals surface area (Å²) in [6, 6.07) is 13.6. The number of methoxy groups -OCH3 is 2. The van der Waals surface area contributed by atoms with Crippen molar-refractivity contribution in [3.63, 3.8) is 0 Å². The highest BCUT2D eigenvalue weighted by Crippen LogP contribution is 2.25. The minimum Gasteiger partial charge on any atom is -0.497 e. The predicted octanol–water partition coefficient (Wildman–Crippen LogP) is 3.04. The number of rotatable bonds is 6. The van der Waals surface area contributed by atoms with E-state index in [4.69, 9.17) is 9.47 Å². The fourth-order valence-corrected chi connectivity index (χ4v) is 2.64. The Balaban J connectivity index is 1.63. The second-order valence-electron chi connectivity index (χ2n) is 5.53. The van der Waals surface area contributed by atoms with Gasteiger partial charge in [-0.25, -0.2) is 0 Å². The van der Waals surface area contributed by atoms with Gasteiger partial charge in [0.05, 0.1) is 20.6 Å². The van der Waals surface area contributed by atoms with Crippen molar-refractivity contribution in [3.05, 3.63) is 59.8 Å². The van der Waals surface area contributed by atoms with Gasteiger partial charge < -0.3 is 19.8 Å². The lowest BCUT2D eigenvalue weighted by molar-refractivity contribution is -0.120. The maximum absolute atomic E-state index is 12.2. The van der Waals surface area contributed by atoms with Gasteiger partial charge in [-0.15, -0.1) is 0 Å². The molecule has 5 heteroatoms. The molecule has 1 aromatic heterocycles. The Kier molecular flexibility index (Phi) is 4.70. The van der Waals surface area contributed by atoms with E-state index < -0.39 is 0 Å². The van der Waals surface area contributed by atoms with Crippen LogP contribution >= 0.6 is 0 Å². The molecule has 0 unspecified atom stereocenters. The molecule has 124 valence electrons. The van der Waals surface area contributed by atoms with E-state index in [1.54, 1.807) is 20.3 Å². The van der Waals surface area contributed by atoms with Crippen molar-refractivity contribution < 1.29 is 14.3 Å². The van der Waals surface area contributed by atoms with Crippen molar-refractivity contribution in [2.45, 2.75) is 13.0 Å². The van der Waals surface area contributed by atoms with Crippen LogP contribution in [0.5, 0.6) is 11.5 Å². The van der Waals surface area contributed by atoms with Crippen molar-refractivity contribution in [1.82, 2.24) is 10.3 Å². The number of hydrogen-bond acceptors (Lipinski definition) is 3. The summed E-state index contributed by atoms with van der Waals surface area (Å²) in [6.45, 7) is 0.492. The average molecular weight is 324 g/mol. The topological polar surface area (TPSA) is 63.3 Å². The quantitative estimate of drug-likeness (QED) is 0.732. The molecular weight excluding hydrogens is 304 g/mol. The molecule has 0 fully saturated rings. The number of carbonyl (C=O) groups is 1. The molecule has 1 amide bonds. The van der Waals surface area contributed by atoms with Gasteiger partial charge in [0, 0.05) is 29.9 Å². The smallest absolute Gasteiger partial charge is 0.224 e. The number of hydrogen-bond donors (Lipinski definition) is 2. The first-order valence-corrected chi connectivity index (χ1v) is 7.73. The van der Waals surface area contributed by atoms with Gasteiger partial charge in [0.1, 0.15) is 11.5 Å². The number of fused-ring (bicyclic) bond motifs is 1.